The fraction of sp³-hybridized carbons (Fsp3) is 0.400. The minimum absolute atomic E-state index is 0.0894. The molecule has 1 aromatic heterocycles. The minimum Gasteiger partial charge on any atom is -0.385 e. The summed E-state index contributed by atoms with van der Waals surface area (Å²) < 4.78 is 6.73. The van der Waals surface area contributed by atoms with Crippen LogP contribution in [0.1, 0.15) is 12.2 Å². The van der Waals surface area contributed by atoms with Crippen LogP contribution < -0.4 is 5.32 Å². The maximum absolute atomic E-state index is 12.0. The summed E-state index contributed by atoms with van der Waals surface area (Å²) >= 11 is 0. The number of nitrogens with one attached hydrogen (secondary N) is 1. The largest absolute Gasteiger partial charge is 0.385 e. The van der Waals surface area contributed by atoms with Crippen molar-refractivity contribution >= 4 is 16.9 Å². The zero-order chi connectivity index (χ0) is 15.1. The summed E-state index contributed by atoms with van der Waals surface area (Å²) in [7, 11) is 1.63. The molecule has 21 heavy (non-hydrogen) atoms. The van der Waals surface area contributed by atoms with Crippen LogP contribution in [0.4, 0.5) is 0 Å². The minimum atomic E-state index is -0.0894. The summed E-state index contributed by atoms with van der Waals surface area (Å²) in [5, 5.41) is 11.7. The molecular weight excluding hydrogens is 268 g/mol. The van der Waals surface area contributed by atoms with Gasteiger partial charge in [-0.3, -0.25) is 4.79 Å². The van der Waals surface area contributed by atoms with Crippen LogP contribution in [-0.2, 0) is 22.5 Å². The number of aromatic nitrogens is 2. The third kappa shape index (κ3) is 3.80. The summed E-state index contributed by atoms with van der Waals surface area (Å²) in [4.78, 5) is 16.4. The molecule has 0 fully saturated rings. The summed E-state index contributed by atoms with van der Waals surface area (Å²) in [6.07, 6.45) is 0.962. The van der Waals surface area contributed by atoms with E-state index in [1.165, 1.54) is 0 Å². The molecule has 0 atom stereocenters. The Hall–Kier alpha value is -2.39. The first-order chi connectivity index (χ1) is 10.3. The van der Waals surface area contributed by atoms with E-state index in [1.54, 1.807) is 11.7 Å². The first-order valence-corrected chi connectivity index (χ1v) is 6.83. The molecule has 0 radical (unpaired) electrons. The van der Waals surface area contributed by atoms with Crippen molar-refractivity contribution in [1.29, 1.82) is 5.26 Å². The van der Waals surface area contributed by atoms with E-state index in [2.05, 4.69) is 16.4 Å². The van der Waals surface area contributed by atoms with Gasteiger partial charge in [-0.25, -0.2) is 4.98 Å². The lowest BCUT2D eigenvalue weighted by Crippen LogP contribution is -2.29. The molecule has 2 aromatic rings. The Morgan fingerprint density at radius 2 is 2.29 bits per heavy atom. The van der Waals surface area contributed by atoms with Crippen molar-refractivity contribution in [2.45, 2.75) is 19.4 Å². The van der Waals surface area contributed by atoms with Crippen LogP contribution in [0, 0.1) is 11.3 Å². The Kier molecular flexibility index (Phi) is 5.29. The average Bonchev–Trinajstić information content (AvgIpc) is 2.82. The molecular formula is C15H18N4O2. The van der Waals surface area contributed by atoms with Crippen molar-refractivity contribution < 1.29 is 9.53 Å². The molecule has 6 nitrogen and oxygen atoms in total. The van der Waals surface area contributed by atoms with Gasteiger partial charge < -0.3 is 14.6 Å². The number of para-hydroxylation sites is 2. The Labute approximate surface area is 123 Å². The van der Waals surface area contributed by atoms with Crippen molar-refractivity contribution in [3.63, 3.8) is 0 Å². The number of rotatable bonds is 7. The smallest absolute Gasteiger partial charge is 0.240 e. The number of amides is 1. The monoisotopic (exact) mass is 286 g/mol. The van der Waals surface area contributed by atoms with Gasteiger partial charge >= 0.3 is 0 Å². The Morgan fingerprint density at radius 3 is 3.05 bits per heavy atom. The van der Waals surface area contributed by atoms with Gasteiger partial charge in [-0.15, -0.1) is 0 Å². The maximum Gasteiger partial charge on any atom is 0.240 e. The fourth-order valence-electron chi connectivity index (χ4n) is 2.15. The number of carbonyl (C=O) groups is 1. The molecule has 1 aromatic carbocycles. The van der Waals surface area contributed by atoms with E-state index in [0.29, 0.717) is 19.0 Å². The van der Waals surface area contributed by atoms with Crippen LogP contribution in [0.3, 0.4) is 0 Å². The van der Waals surface area contributed by atoms with Gasteiger partial charge in [0.05, 0.1) is 23.5 Å². The molecule has 0 spiro atoms. The van der Waals surface area contributed by atoms with Gasteiger partial charge in [0.15, 0.2) is 0 Å². The van der Waals surface area contributed by atoms with Crippen LogP contribution in [0.15, 0.2) is 24.3 Å². The predicted molar refractivity (Wildman–Crippen MR) is 78.6 cm³/mol. The normalized spacial score (nSPS) is 10.5. The number of carbonyl (C=O) groups excluding carboxylic acids is 1. The second kappa shape index (κ2) is 7.41. The van der Waals surface area contributed by atoms with Gasteiger partial charge in [0.2, 0.25) is 5.91 Å². The van der Waals surface area contributed by atoms with Crippen molar-refractivity contribution in [3.8, 4) is 6.07 Å². The number of nitriles is 1. The molecule has 0 saturated heterocycles. The van der Waals surface area contributed by atoms with Crippen molar-refractivity contribution in [3.05, 3.63) is 30.1 Å². The maximum atomic E-state index is 12.0. The van der Waals surface area contributed by atoms with Crippen molar-refractivity contribution in [1.82, 2.24) is 14.9 Å². The number of methoxy groups -OCH3 is 1. The van der Waals surface area contributed by atoms with Crippen LogP contribution in [-0.4, -0.2) is 35.7 Å². The Balaban J connectivity index is 2.11. The van der Waals surface area contributed by atoms with Crippen LogP contribution in [0.2, 0.25) is 0 Å². The van der Waals surface area contributed by atoms with Gasteiger partial charge in [-0.2, -0.15) is 5.26 Å². The van der Waals surface area contributed by atoms with Crippen molar-refractivity contribution in [2.24, 2.45) is 0 Å². The lowest BCUT2D eigenvalue weighted by molar-refractivity contribution is -0.121. The molecule has 0 aliphatic rings. The number of ether oxygens (including phenoxy) is 1. The van der Waals surface area contributed by atoms with E-state index in [4.69, 9.17) is 10.00 Å². The first-order valence-electron chi connectivity index (χ1n) is 6.83. The zero-order valence-electron chi connectivity index (χ0n) is 12.0. The predicted octanol–water partition coefficient (Wildman–Crippen LogP) is 1.26. The number of hydrogen-bond acceptors (Lipinski definition) is 4. The highest BCUT2D eigenvalue weighted by Crippen LogP contribution is 2.16. The molecule has 1 heterocycles. The number of hydrogen-bond donors (Lipinski definition) is 1. The molecule has 110 valence electrons. The van der Waals surface area contributed by atoms with Crippen LogP contribution >= 0.6 is 0 Å². The van der Waals surface area contributed by atoms with Crippen LogP contribution in [0.25, 0.3) is 11.0 Å². The van der Waals surface area contributed by atoms with Crippen molar-refractivity contribution in [2.75, 3.05) is 20.3 Å². The van der Waals surface area contributed by atoms with E-state index in [-0.39, 0.29) is 18.9 Å². The number of nitrogens with zero attached hydrogens (tertiary/aromatic N) is 3. The third-order valence-electron chi connectivity index (χ3n) is 3.12. The topological polar surface area (TPSA) is 79.9 Å². The Bertz CT molecular complexity index is 657. The van der Waals surface area contributed by atoms with Gasteiger partial charge in [0.25, 0.3) is 0 Å². The molecule has 0 aliphatic heterocycles. The average molecular weight is 286 g/mol. The van der Waals surface area contributed by atoms with E-state index < -0.39 is 0 Å². The summed E-state index contributed by atoms with van der Waals surface area (Å²) in [5.74, 6) is 0.527. The molecule has 0 saturated carbocycles. The van der Waals surface area contributed by atoms with Gasteiger partial charge in [0, 0.05) is 20.3 Å². The van der Waals surface area contributed by atoms with Gasteiger partial charge in [0.1, 0.15) is 12.4 Å². The van der Waals surface area contributed by atoms with Crippen LogP contribution in [0.5, 0.6) is 0 Å². The molecule has 6 heteroatoms. The summed E-state index contributed by atoms with van der Waals surface area (Å²) in [5.41, 5.74) is 1.67. The standard InChI is InChI=1S/C15H18N4O2/c1-21-10-4-9-17-15(20)11-19-13-6-3-2-5-12(13)18-14(19)7-8-16/h2-3,5-6H,4,7,9-11H2,1H3,(H,17,20). The number of benzene rings is 1. The Morgan fingerprint density at radius 1 is 1.48 bits per heavy atom. The lowest BCUT2D eigenvalue weighted by Gasteiger charge is -2.08. The number of imidazole rings is 1. The quantitative estimate of drug-likeness (QED) is 0.777. The summed E-state index contributed by atoms with van der Waals surface area (Å²) in [6, 6.07) is 9.65. The molecule has 0 aliphatic carbocycles. The van der Waals surface area contributed by atoms with E-state index in [9.17, 15) is 4.79 Å². The highest BCUT2D eigenvalue weighted by Gasteiger charge is 2.12. The zero-order valence-corrected chi connectivity index (χ0v) is 12.0. The highest BCUT2D eigenvalue weighted by molar-refractivity contribution is 5.81. The summed E-state index contributed by atoms with van der Waals surface area (Å²) in [6.45, 7) is 1.37. The van der Waals surface area contributed by atoms with E-state index in [1.807, 2.05) is 24.3 Å². The molecule has 0 bridgehead atoms. The van der Waals surface area contributed by atoms with Gasteiger partial charge in [-0.05, 0) is 18.6 Å². The molecule has 0 unspecified atom stereocenters. The number of fused-ring (bicyclic) bond motifs is 1. The second-order valence-corrected chi connectivity index (χ2v) is 4.63. The lowest BCUT2D eigenvalue weighted by atomic mass is 10.3. The fourth-order valence-corrected chi connectivity index (χ4v) is 2.15. The second-order valence-electron chi connectivity index (χ2n) is 4.63. The third-order valence-corrected chi connectivity index (χ3v) is 3.12. The molecule has 2 rings (SSSR count). The molecule has 1 N–H and O–H groups in total. The molecule has 1 amide bonds. The first kappa shape index (κ1) is 15.0. The SMILES string of the molecule is COCCCNC(=O)Cn1c(CC#N)nc2ccccc21. The van der Waals surface area contributed by atoms with Gasteiger partial charge in [-0.1, -0.05) is 12.1 Å². The van der Waals surface area contributed by atoms with E-state index in [0.717, 1.165) is 17.5 Å². The highest BCUT2D eigenvalue weighted by atomic mass is 16.5. The van der Waals surface area contributed by atoms with E-state index >= 15 is 0 Å².